The third-order valence-electron chi connectivity index (χ3n) is 3.42. The predicted octanol–water partition coefficient (Wildman–Crippen LogP) is 1.03. The Balaban J connectivity index is 2.09. The van der Waals surface area contributed by atoms with E-state index in [1.165, 1.54) is 0 Å². The van der Waals surface area contributed by atoms with Crippen molar-refractivity contribution in [2.45, 2.75) is 19.4 Å². The topological polar surface area (TPSA) is 88.2 Å². The van der Waals surface area contributed by atoms with E-state index in [2.05, 4.69) is 5.16 Å². The number of hydrogen-bond acceptors (Lipinski definition) is 4. The molecule has 20 heavy (non-hydrogen) atoms. The van der Waals surface area contributed by atoms with Crippen LogP contribution in [-0.2, 0) is 4.74 Å². The highest BCUT2D eigenvalue weighted by molar-refractivity contribution is 5.99. The molecule has 1 aromatic rings. The second-order valence-electron chi connectivity index (χ2n) is 4.71. The van der Waals surface area contributed by atoms with E-state index in [-0.39, 0.29) is 17.8 Å². The van der Waals surface area contributed by atoms with E-state index in [0.29, 0.717) is 30.8 Å². The molecule has 0 bridgehead atoms. The summed E-state index contributed by atoms with van der Waals surface area (Å²) in [4.78, 5) is 14.2. The SMILES string of the molecule is CCC1CN(C(=O)c2ccc(/C(N)=N/O)cc2)CCO1. The fraction of sp³-hybridized carbons (Fsp3) is 0.429. The van der Waals surface area contributed by atoms with Crippen LogP contribution in [0, 0.1) is 0 Å². The fourth-order valence-electron chi connectivity index (χ4n) is 2.17. The summed E-state index contributed by atoms with van der Waals surface area (Å²) in [5.41, 5.74) is 6.66. The van der Waals surface area contributed by atoms with Gasteiger partial charge in [-0.1, -0.05) is 24.2 Å². The molecule has 0 spiro atoms. The van der Waals surface area contributed by atoms with Crippen LogP contribution in [0.1, 0.15) is 29.3 Å². The van der Waals surface area contributed by atoms with Gasteiger partial charge in [0.25, 0.3) is 5.91 Å². The van der Waals surface area contributed by atoms with Crippen LogP contribution in [0.25, 0.3) is 0 Å². The highest BCUT2D eigenvalue weighted by atomic mass is 16.5. The molecular weight excluding hydrogens is 258 g/mol. The second-order valence-corrected chi connectivity index (χ2v) is 4.71. The van der Waals surface area contributed by atoms with Gasteiger partial charge in [0.15, 0.2) is 5.84 Å². The Hall–Kier alpha value is -2.08. The molecule has 0 aromatic heterocycles. The number of carbonyl (C=O) groups excluding carboxylic acids is 1. The van der Waals surface area contributed by atoms with Crippen LogP contribution in [0.15, 0.2) is 29.4 Å². The molecule has 1 amide bonds. The Labute approximate surface area is 117 Å². The molecule has 1 unspecified atom stereocenters. The van der Waals surface area contributed by atoms with E-state index < -0.39 is 0 Å². The zero-order valence-electron chi connectivity index (χ0n) is 11.5. The highest BCUT2D eigenvalue weighted by Crippen LogP contribution is 2.13. The quantitative estimate of drug-likeness (QED) is 0.374. The summed E-state index contributed by atoms with van der Waals surface area (Å²) in [5, 5.41) is 11.5. The van der Waals surface area contributed by atoms with Crippen molar-refractivity contribution in [2.75, 3.05) is 19.7 Å². The molecule has 6 heteroatoms. The molecule has 3 N–H and O–H groups in total. The minimum atomic E-state index is -0.0159. The third-order valence-corrected chi connectivity index (χ3v) is 3.42. The largest absolute Gasteiger partial charge is 0.409 e. The van der Waals surface area contributed by atoms with E-state index >= 15 is 0 Å². The normalized spacial score (nSPS) is 19.9. The smallest absolute Gasteiger partial charge is 0.254 e. The van der Waals surface area contributed by atoms with Gasteiger partial charge in [-0.25, -0.2) is 0 Å². The number of ether oxygens (including phenoxy) is 1. The van der Waals surface area contributed by atoms with Crippen molar-refractivity contribution in [1.29, 1.82) is 0 Å². The Kier molecular flexibility index (Phi) is 4.57. The van der Waals surface area contributed by atoms with Gasteiger partial charge in [0.1, 0.15) is 0 Å². The molecule has 1 fully saturated rings. The van der Waals surface area contributed by atoms with E-state index in [4.69, 9.17) is 15.7 Å². The lowest BCUT2D eigenvalue weighted by molar-refractivity contribution is -0.0226. The number of carbonyl (C=O) groups is 1. The van der Waals surface area contributed by atoms with Crippen molar-refractivity contribution < 1.29 is 14.7 Å². The van der Waals surface area contributed by atoms with Crippen LogP contribution < -0.4 is 5.73 Å². The van der Waals surface area contributed by atoms with Gasteiger partial charge in [-0.3, -0.25) is 4.79 Å². The molecule has 1 aliphatic rings. The van der Waals surface area contributed by atoms with Crippen LogP contribution in [0.5, 0.6) is 0 Å². The lowest BCUT2D eigenvalue weighted by Crippen LogP contribution is -2.45. The Bertz CT molecular complexity index is 499. The number of rotatable bonds is 3. The van der Waals surface area contributed by atoms with Crippen molar-refractivity contribution in [2.24, 2.45) is 10.9 Å². The summed E-state index contributed by atoms with van der Waals surface area (Å²) >= 11 is 0. The van der Waals surface area contributed by atoms with Gasteiger partial charge >= 0.3 is 0 Å². The number of amidine groups is 1. The number of nitrogens with zero attached hydrogens (tertiary/aromatic N) is 2. The first-order chi connectivity index (χ1) is 9.65. The zero-order chi connectivity index (χ0) is 14.5. The summed E-state index contributed by atoms with van der Waals surface area (Å²) in [5.74, 6) is 0.0132. The Morgan fingerprint density at radius 2 is 2.10 bits per heavy atom. The van der Waals surface area contributed by atoms with Gasteiger partial charge in [0.05, 0.1) is 12.7 Å². The second kappa shape index (κ2) is 6.38. The maximum Gasteiger partial charge on any atom is 0.254 e. The lowest BCUT2D eigenvalue weighted by atomic mass is 10.1. The molecule has 1 aromatic carbocycles. The van der Waals surface area contributed by atoms with Gasteiger partial charge in [-0.2, -0.15) is 0 Å². The molecule has 1 aliphatic heterocycles. The molecule has 0 aliphatic carbocycles. The Morgan fingerprint density at radius 3 is 2.70 bits per heavy atom. The fourth-order valence-corrected chi connectivity index (χ4v) is 2.17. The van der Waals surface area contributed by atoms with Gasteiger partial charge in [0.2, 0.25) is 0 Å². The average molecular weight is 277 g/mol. The Morgan fingerprint density at radius 1 is 1.45 bits per heavy atom. The minimum absolute atomic E-state index is 0.0159. The molecule has 0 saturated carbocycles. The summed E-state index contributed by atoms with van der Waals surface area (Å²) in [7, 11) is 0. The van der Waals surface area contributed by atoms with Crippen LogP contribution in [0.4, 0.5) is 0 Å². The van der Waals surface area contributed by atoms with E-state index in [9.17, 15) is 4.79 Å². The zero-order valence-corrected chi connectivity index (χ0v) is 11.5. The monoisotopic (exact) mass is 277 g/mol. The maximum atomic E-state index is 12.4. The predicted molar refractivity (Wildman–Crippen MR) is 74.9 cm³/mol. The number of amides is 1. The molecule has 1 atom stereocenters. The molecule has 1 heterocycles. The first-order valence-electron chi connectivity index (χ1n) is 6.64. The lowest BCUT2D eigenvalue weighted by Gasteiger charge is -2.32. The van der Waals surface area contributed by atoms with E-state index in [0.717, 1.165) is 6.42 Å². The van der Waals surface area contributed by atoms with Crippen molar-refractivity contribution in [3.8, 4) is 0 Å². The van der Waals surface area contributed by atoms with E-state index in [1.807, 2.05) is 6.92 Å². The third kappa shape index (κ3) is 3.08. The van der Waals surface area contributed by atoms with Gasteiger partial charge < -0.3 is 20.6 Å². The van der Waals surface area contributed by atoms with E-state index in [1.54, 1.807) is 29.2 Å². The summed E-state index contributed by atoms with van der Waals surface area (Å²) < 4.78 is 5.55. The van der Waals surface area contributed by atoms with Crippen molar-refractivity contribution in [3.05, 3.63) is 35.4 Å². The van der Waals surface area contributed by atoms with Crippen molar-refractivity contribution >= 4 is 11.7 Å². The maximum absolute atomic E-state index is 12.4. The summed E-state index contributed by atoms with van der Waals surface area (Å²) in [6, 6.07) is 6.71. The van der Waals surface area contributed by atoms with Crippen LogP contribution in [0.3, 0.4) is 0 Å². The molecule has 2 rings (SSSR count). The molecule has 6 nitrogen and oxygen atoms in total. The minimum Gasteiger partial charge on any atom is -0.409 e. The number of benzene rings is 1. The number of nitrogens with two attached hydrogens (primary N) is 1. The van der Waals surface area contributed by atoms with Crippen LogP contribution in [0.2, 0.25) is 0 Å². The van der Waals surface area contributed by atoms with Crippen LogP contribution >= 0.6 is 0 Å². The van der Waals surface area contributed by atoms with Gasteiger partial charge in [0, 0.05) is 24.2 Å². The number of morpholine rings is 1. The van der Waals surface area contributed by atoms with Crippen molar-refractivity contribution in [3.63, 3.8) is 0 Å². The molecule has 1 saturated heterocycles. The van der Waals surface area contributed by atoms with Crippen LogP contribution in [-0.4, -0.2) is 47.7 Å². The van der Waals surface area contributed by atoms with Crippen molar-refractivity contribution in [1.82, 2.24) is 4.90 Å². The molecule has 108 valence electrons. The van der Waals surface area contributed by atoms with Gasteiger partial charge in [-0.05, 0) is 18.6 Å². The standard InChI is InChI=1S/C14H19N3O3/c1-2-12-9-17(7-8-20-12)14(18)11-5-3-10(4-6-11)13(15)16-19/h3-6,12,19H,2,7-9H2,1H3,(H2,15,16). The van der Waals surface area contributed by atoms with Gasteiger partial charge in [-0.15, -0.1) is 0 Å². The number of hydrogen-bond donors (Lipinski definition) is 2. The number of oxime groups is 1. The highest BCUT2D eigenvalue weighted by Gasteiger charge is 2.23. The first-order valence-corrected chi connectivity index (χ1v) is 6.64. The summed E-state index contributed by atoms with van der Waals surface area (Å²) in [6.45, 7) is 3.85. The average Bonchev–Trinajstić information content (AvgIpc) is 2.53. The molecular formula is C14H19N3O3. The summed E-state index contributed by atoms with van der Waals surface area (Å²) in [6.07, 6.45) is 1.01. The first kappa shape index (κ1) is 14.3. The molecule has 0 radical (unpaired) electrons.